The fourth-order valence-corrected chi connectivity index (χ4v) is 1.18. The Hall–Kier alpha value is -2.04. The van der Waals surface area contributed by atoms with Crippen molar-refractivity contribution in [3.05, 3.63) is 46.3 Å². The van der Waals surface area contributed by atoms with Gasteiger partial charge in [0.2, 0.25) is 0 Å². The number of nitrogens with zero attached hydrogens (tertiary/aromatic N) is 2. The lowest BCUT2D eigenvalue weighted by molar-refractivity contribution is -0.389. The van der Waals surface area contributed by atoms with Gasteiger partial charge in [0.1, 0.15) is 5.82 Å². The molecule has 5 heteroatoms. The van der Waals surface area contributed by atoms with E-state index in [-0.39, 0.29) is 5.82 Å². The van der Waals surface area contributed by atoms with Crippen molar-refractivity contribution in [2.24, 2.45) is 0 Å². The van der Waals surface area contributed by atoms with E-state index < -0.39 is 10.7 Å². The number of aromatic nitrogens is 1. The van der Waals surface area contributed by atoms with Crippen LogP contribution in [0.2, 0.25) is 0 Å². The predicted octanol–water partition coefficient (Wildman–Crippen LogP) is 2.28. The quantitative estimate of drug-likeness (QED) is 0.514. The average Bonchev–Trinajstić information content (AvgIpc) is 2.16. The van der Waals surface area contributed by atoms with Crippen molar-refractivity contribution in [3.8, 4) is 0 Å². The van der Waals surface area contributed by atoms with Crippen LogP contribution in [0, 0.1) is 15.9 Å². The molecule has 2 rings (SSSR count). The molecule has 0 atom stereocenters. The minimum atomic E-state index is -0.607. The second-order valence-electron chi connectivity index (χ2n) is 2.76. The summed E-state index contributed by atoms with van der Waals surface area (Å²) in [5.41, 5.74) is 0.291. The fraction of sp³-hybridized carbons (Fsp3) is 0. The van der Waals surface area contributed by atoms with Gasteiger partial charge in [0.15, 0.2) is 5.52 Å². The molecule has 0 radical (unpaired) electrons. The standard InChI is InChI=1S/C9H5FN2O2/c10-7-3-1-6-2-4-9(12(13)14)11-8(6)5-7/h1-5H. The molecule has 4 nitrogen and oxygen atoms in total. The topological polar surface area (TPSA) is 56.0 Å². The minimum Gasteiger partial charge on any atom is -0.358 e. The summed E-state index contributed by atoms with van der Waals surface area (Å²) in [7, 11) is 0. The zero-order valence-electron chi connectivity index (χ0n) is 6.98. The van der Waals surface area contributed by atoms with E-state index in [9.17, 15) is 14.5 Å². The van der Waals surface area contributed by atoms with Crippen LogP contribution in [0.1, 0.15) is 0 Å². The molecule has 1 heterocycles. The summed E-state index contributed by atoms with van der Waals surface area (Å²) in [5, 5.41) is 11.1. The van der Waals surface area contributed by atoms with Gasteiger partial charge in [-0.05, 0) is 28.1 Å². The van der Waals surface area contributed by atoms with Crippen molar-refractivity contribution in [2.45, 2.75) is 0 Å². The van der Waals surface area contributed by atoms with Crippen molar-refractivity contribution in [1.82, 2.24) is 4.98 Å². The van der Waals surface area contributed by atoms with Crippen molar-refractivity contribution < 1.29 is 9.31 Å². The second-order valence-corrected chi connectivity index (χ2v) is 2.76. The number of nitro groups is 1. The molecule has 0 spiro atoms. The van der Waals surface area contributed by atoms with Crippen LogP contribution in [-0.2, 0) is 0 Å². The van der Waals surface area contributed by atoms with E-state index in [0.717, 1.165) is 0 Å². The van der Waals surface area contributed by atoms with E-state index in [1.165, 1.54) is 24.3 Å². The van der Waals surface area contributed by atoms with Gasteiger partial charge >= 0.3 is 5.82 Å². The highest BCUT2D eigenvalue weighted by Gasteiger charge is 2.09. The maximum absolute atomic E-state index is 12.8. The first kappa shape index (κ1) is 8.55. The third-order valence-corrected chi connectivity index (χ3v) is 1.83. The molecule has 0 N–H and O–H groups in total. The molecule has 2 aromatic rings. The zero-order chi connectivity index (χ0) is 10.1. The van der Waals surface area contributed by atoms with Crippen LogP contribution in [0.15, 0.2) is 30.3 Å². The van der Waals surface area contributed by atoms with E-state index in [1.54, 1.807) is 6.07 Å². The smallest absolute Gasteiger partial charge is 0.358 e. The summed E-state index contributed by atoms with van der Waals surface area (Å²) < 4.78 is 12.8. The Balaban J connectivity index is 2.69. The molecule has 0 saturated heterocycles. The van der Waals surface area contributed by atoms with Gasteiger partial charge in [-0.2, -0.15) is 0 Å². The number of pyridine rings is 1. The minimum absolute atomic E-state index is 0.275. The maximum Gasteiger partial charge on any atom is 0.364 e. The Kier molecular flexibility index (Phi) is 1.85. The molecular formula is C9H5FN2O2. The molecule has 0 aliphatic carbocycles. The van der Waals surface area contributed by atoms with Crippen LogP contribution in [-0.4, -0.2) is 9.91 Å². The lowest BCUT2D eigenvalue weighted by Crippen LogP contribution is -1.92. The Bertz CT molecular complexity index is 513. The van der Waals surface area contributed by atoms with Gasteiger partial charge in [0.05, 0.1) is 0 Å². The van der Waals surface area contributed by atoms with E-state index in [0.29, 0.717) is 10.9 Å². The first-order valence-corrected chi connectivity index (χ1v) is 3.87. The van der Waals surface area contributed by atoms with Crippen molar-refractivity contribution in [1.29, 1.82) is 0 Å². The van der Waals surface area contributed by atoms with Crippen molar-refractivity contribution in [3.63, 3.8) is 0 Å². The van der Waals surface area contributed by atoms with Gasteiger partial charge in [-0.15, -0.1) is 0 Å². The molecule has 0 aliphatic heterocycles. The first-order valence-electron chi connectivity index (χ1n) is 3.87. The highest BCUT2D eigenvalue weighted by Crippen LogP contribution is 2.17. The molecule has 70 valence electrons. The Morgan fingerprint density at radius 3 is 2.71 bits per heavy atom. The average molecular weight is 192 g/mol. The fourth-order valence-electron chi connectivity index (χ4n) is 1.18. The number of hydrogen-bond donors (Lipinski definition) is 0. The normalized spacial score (nSPS) is 10.4. The van der Waals surface area contributed by atoms with Crippen LogP contribution in [0.4, 0.5) is 10.2 Å². The summed E-state index contributed by atoms with van der Waals surface area (Å²) in [6, 6.07) is 6.82. The van der Waals surface area contributed by atoms with Crippen LogP contribution < -0.4 is 0 Å². The molecule has 0 saturated carbocycles. The van der Waals surface area contributed by atoms with Crippen LogP contribution in [0.3, 0.4) is 0 Å². The molecule has 0 bridgehead atoms. The molecule has 0 amide bonds. The summed E-state index contributed by atoms with van der Waals surface area (Å²) in [4.78, 5) is 13.5. The number of halogens is 1. The lowest BCUT2D eigenvalue weighted by atomic mass is 10.2. The Morgan fingerprint density at radius 2 is 2.00 bits per heavy atom. The molecule has 14 heavy (non-hydrogen) atoms. The molecule has 0 aliphatic rings. The van der Waals surface area contributed by atoms with Crippen molar-refractivity contribution >= 4 is 16.7 Å². The largest absolute Gasteiger partial charge is 0.364 e. The molecule has 1 aromatic heterocycles. The second kappa shape index (κ2) is 3.02. The Labute approximate surface area is 78.2 Å². The lowest BCUT2D eigenvalue weighted by Gasteiger charge is -1.94. The van der Waals surface area contributed by atoms with E-state index >= 15 is 0 Å². The Morgan fingerprint density at radius 1 is 1.29 bits per heavy atom. The molecule has 1 aromatic carbocycles. The van der Waals surface area contributed by atoms with Crippen LogP contribution in [0.25, 0.3) is 10.9 Å². The van der Waals surface area contributed by atoms with Gasteiger partial charge in [0, 0.05) is 17.5 Å². The number of hydrogen-bond acceptors (Lipinski definition) is 3. The number of rotatable bonds is 1. The first-order chi connectivity index (χ1) is 6.66. The van der Waals surface area contributed by atoms with Crippen LogP contribution in [0.5, 0.6) is 0 Å². The molecule has 0 fully saturated rings. The van der Waals surface area contributed by atoms with Gasteiger partial charge in [0.25, 0.3) is 0 Å². The van der Waals surface area contributed by atoms with E-state index in [4.69, 9.17) is 0 Å². The van der Waals surface area contributed by atoms with Gasteiger partial charge < -0.3 is 10.1 Å². The van der Waals surface area contributed by atoms with E-state index in [2.05, 4.69) is 4.98 Å². The summed E-state index contributed by atoms with van der Waals surface area (Å²) in [6.45, 7) is 0. The number of fused-ring (bicyclic) bond motifs is 1. The predicted molar refractivity (Wildman–Crippen MR) is 48.4 cm³/mol. The van der Waals surface area contributed by atoms with Gasteiger partial charge in [-0.1, -0.05) is 0 Å². The summed E-state index contributed by atoms with van der Waals surface area (Å²) in [6.07, 6.45) is 0. The SMILES string of the molecule is O=[N+]([O-])c1ccc2ccc(F)cc2n1. The van der Waals surface area contributed by atoms with Gasteiger partial charge in [-0.25, -0.2) is 4.39 Å². The maximum atomic E-state index is 12.8. The van der Waals surface area contributed by atoms with Gasteiger partial charge in [-0.3, -0.25) is 0 Å². The number of benzene rings is 1. The molecular weight excluding hydrogens is 187 g/mol. The highest BCUT2D eigenvalue weighted by atomic mass is 19.1. The van der Waals surface area contributed by atoms with Crippen LogP contribution >= 0.6 is 0 Å². The third kappa shape index (κ3) is 1.39. The summed E-state index contributed by atoms with van der Waals surface area (Å²) in [5.74, 6) is -0.728. The van der Waals surface area contributed by atoms with E-state index in [1.807, 2.05) is 0 Å². The monoisotopic (exact) mass is 192 g/mol. The third-order valence-electron chi connectivity index (χ3n) is 1.83. The highest BCUT2D eigenvalue weighted by molar-refractivity contribution is 5.79. The van der Waals surface area contributed by atoms with Crippen molar-refractivity contribution in [2.75, 3.05) is 0 Å². The zero-order valence-corrected chi connectivity index (χ0v) is 6.98. The molecule has 0 unspecified atom stereocenters. The summed E-state index contributed by atoms with van der Waals surface area (Å²) >= 11 is 0.